The maximum Gasteiger partial charge on any atom is 0.264 e. The average Bonchev–Trinajstić information content (AvgIpc) is 2.54. The number of rotatable bonds is 7. The Balaban J connectivity index is 2.51. The Morgan fingerprint density at radius 1 is 1.08 bits per heavy atom. The van der Waals surface area contributed by atoms with Crippen LogP contribution in [0.15, 0.2) is 60.0 Å². The second kappa shape index (κ2) is 7.53. The van der Waals surface area contributed by atoms with Crippen LogP contribution >= 0.6 is 0 Å². The van der Waals surface area contributed by atoms with Gasteiger partial charge in [-0.1, -0.05) is 24.3 Å². The Hall–Kier alpha value is -2.27. The normalized spacial score (nSPS) is 11.1. The highest BCUT2D eigenvalue weighted by Gasteiger charge is 2.26. The molecule has 5 heteroatoms. The Labute approximate surface area is 144 Å². The third-order valence-corrected chi connectivity index (χ3v) is 5.49. The highest BCUT2D eigenvalue weighted by molar-refractivity contribution is 7.92. The Morgan fingerprint density at radius 3 is 2.17 bits per heavy atom. The van der Waals surface area contributed by atoms with E-state index in [0.717, 1.165) is 11.1 Å². The van der Waals surface area contributed by atoms with Crippen molar-refractivity contribution in [3.63, 3.8) is 0 Å². The van der Waals surface area contributed by atoms with Crippen LogP contribution in [0, 0.1) is 13.8 Å². The van der Waals surface area contributed by atoms with E-state index in [4.69, 9.17) is 4.74 Å². The van der Waals surface area contributed by atoms with Gasteiger partial charge in [0.05, 0.1) is 23.7 Å². The number of para-hydroxylation sites is 1. The maximum absolute atomic E-state index is 13.1. The van der Waals surface area contributed by atoms with Crippen molar-refractivity contribution in [3.8, 4) is 5.75 Å². The van der Waals surface area contributed by atoms with Crippen LogP contribution in [-0.2, 0) is 10.0 Å². The van der Waals surface area contributed by atoms with E-state index >= 15 is 0 Å². The minimum absolute atomic E-state index is 0.210. The summed E-state index contributed by atoms with van der Waals surface area (Å²) in [6, 6.07) is 12.2. The number of hydrogen-bond donors (Lipinski definition) is 0. The number of anilines is 1. The van der Waals surface area contributed by atoms with E-state index in [9.17, 15) is 8.42 Å². The lowest BCUT2D eigenvalue weighted by Crippen LogP contribution is -2.32. The van der Waals surface area contributed by atoms with Crippen LogP contribution in [0.3, 0.4) is 0 Å². The number of aryl methyl sites for hydroxylation is 2. The third-order valence-electron chi connectivity index (χ3n) is 3.71. The van der Waals surface area contributed by atoms with Crippen LogP contribution in [0.5, 0.6) is 5.75 Å². The fourth-order valence-corrected chi connectivity index (χ4v) is 4.19. The van der Waals surface area contributed by atoms with Gasteiger partial charge in [-0.05, 0) is 56.2 Å². The molecule has 0 aliphatic carbocycles. The molecule has 0 aliphatic rings. The van der Waals surface area contributed by atoms with Crippen LogP contribution in [0.2, 0.25) is 0 Å². The van der Waals surface area contributed by atoms with Crippen molar-refractivity contribution in [2.75, 3.05) is 17.5 Å². The summed E-state index contributed by atoms with van der Waals surface area (Å²) < 4.78 is 33.1. The van der Waals surface area contributed by atoms with Gasteiger partial charge in [-0.15, -0.1) is 6.58 Å². The zero-order chi connectivity index (χ0) is 17.7. The molecular formula is C19H23NO3S. The Bertz CT molecular complexity index is 791. The van der Waals surface area contributed by atoms with Gasteiger partial charge in [-0.25, -0.2) is 8.42 Å². The van der Waals surface area contributed by atoms with E-state index in [1.807, 2.05) is 39.0 Å². The monoisotopic (exact) mass is 345 g/mol. The van der Waals surface area contributed by atoms with Crippen molar-refractivity contribution in [1.29, 1.82) is 0 Å². The number of benzene rings is 2. The van der Waals surface area contributed by atoms with Crippen LogP contribution in [0.4, 0.5) is 5.69 Å². The number of ether oxygens (including phenoxy) is 1. The van der Waals surface area contributed by atoms with E-state index in [1.165, 1.54) is 4.31 Å². The van der Waals surface area contributed by atoms with Gasteiger partial charge in [0.2, 0.25) is 0 Å². The van der Waals surface area contributed by atoms with Gasteiger partial charge in [-0.2, -0.15) is 0 Å². The first-order valence-corrected chi connectivity index (χ1v) is 9.28. The van der Waals surface area contributed by atoms with E-state index in [2.05, 4.69) is 6.58 Å². The fourth-order valence-electron chi connectivity index (χ4n) is 2.63. The summed E-state index contributed by atoms with van der Waals surface area (Å²) in [5.41, 5.74) is 2.52. The predicted octanol–water partition coefficient (Wildman–Crippen LogP) is 4.08. The standard InChI is InChI=1S/C19H23NO3S/c1-5-14-20(19-15(3)8-7-9-16(19)4)24(21,22)18-12-10-17(11-13-18)23-6-2/h5,7-13H,1,6,14H2,2-4H3. The first kappa shape index (κ1) is 18.1. The lowest BCUT2D eigenvalue weighted by Gasteiger charge is -2.26. The molecule has 0 fully saturated rings. The predicted molar refractivity (Wildman–Crippen MR) is 98.3 cm³/mol. The van der Waals surface area contributed by atoms with Crippen molar-refractivity contribution in [3.05, 3.63) is 66.2 Å². The lowest BCUT2D eigenvalue weighted by atomic mass is 10.1. The van der Waals surface area contributed by atoms with Gasteiger partial charge >= 0.3 is 0 Å². The van der Waals surface area contributed by atoms with Gasteiger partial charge in [0, 0.05) is 0 Å². The minimum Gasteiger partial charge on any atom is -0.494 e. The van der Waals surface area contributed by atoms with Crippen LogP contribution in [0.25, 0.3) is 0 Å². The topological polar surface area (TPSA) is 46.6 Å². The molecule has 128 valence electrons. The molecule has 2 aromatic rings. The third kappa shape index (κ3) is 3.62. The van der Waals surface area contributed by atoms with Crippen LogP contribution in [0.1, 0.15) is 18.1 Å². The maximum atomic E-state index is 13.1. The summed E-state index contributed by atoms with van der Waals surface area (Å²) in [6.45, 7) is 10.2. The zero-order valence-electron chi connectivity index (χ0n) is 14.3. The zero-order valence-corrected chi connectivity index (χ0v) is 15.1. The second-order valence-electron chi connectivity index (χ2n) is 5.47. The summed E-state index contributed by atoms with van der Waals surface area (Å²) >= 11 is 0. The molecule has 2 rings (SSSR count). The van der Waals surface area contributed by atoms with Crippen molar-refractivity contribution in [1.82, 2.24) is 0 Å². The van der Waals surface area contributed by atoms with Gasteiger partial charge in [0.15, 0.2) is 0 Å². The second-order valence-corrected chi connectivity index (χ2v) is 7.33. The molecule has 0 spiro atoms. The van der Waals surface area contributed by atoms with E-state index < -0.39 is 10.0 Å². The average molecular weight is 345 g/mol. The van der Waals surface area contributed by atoms with Crippen molar-refractivity contribution < 1.29 is 13.2 Å². The molecule has 24 heavy (non-hydrogen) atoms. The summed E-state index contributed by atoms with van der Waals surface area (Å²) in [7, 11) is -3.69. The molecule has 0 heterocycles. The molecule has 0 radical (unpaired) electrons. The lowest BCUT2D eigenvalue weighted by molar-refractivity contribution is 0.340. The van der Waals surface area contributed by atoms with E-state index in [0.29, 0.717) is 18.0 Å². The number of nitrogens with zero attached hydrogens (tertiary/aromatic N) is 1. The molecule has 4 nitrogen and oxygen atoms in total. The van der Waals surface area contributed by atoms with E-state index in [1.54, 1.807) is 30.3 Å². The van der Waals surface area contributed by atoms with Crippen LogP contribution in [-0.4, -0.2) is 21.6 Å². The van der Waals surface area contributed by atoms with Crippen molar-refractivity contribution in [2.24, 2.45) is 0 Å². The Morgan fingerprint density at radius 2 is 1.67 bits per heavy atom. The molecule has 0 amide bonds. The smallest absolute Gasteiger partial charge is 0.264 e. The molecule has 0 saturated heterocycles. The molecule has 0 bridgehead atoms. The molecule has 0 unspecified atom stereocenters. The molecular weight excluding hydrogens is 322 g/mol. The van der Waals surface area contributed by atoms with Gasteiger partial charge in [0.1, 0.15) is 5.75 Å². The highest BCUT2D eigenvalue weighted by atomic mass is 32.2. The summed E-state index contributed by atoms with van der Waals surface area (Å²) in [5.74, 6) is 0.652. The van der Waals surface area contributed by atoms with Crippen molar-refractivity contribution >= 4 is 15.7 Å². The van der Waals surface area contributed by atoms with E-state index in [-0.39, 0.29) is 11.4 Å². The Kier molecular flexibility index (Phi) is 5.67. The molecule has 0 saturated carbocycles. The van der Waals surface area contributed by atoms with Crippen molar-refractivity contribution in [2.45, 2.75) is 25.7 Å². The number of hydrogen-bond acceptors (Lipinski definition) is 3. The quantitative estimate of drug-likeness (QED) is 0.710. The molecule has 0 N–H and O–H groups in total. The number of sulfonamides is 1. The molecule has 0 atom stereocenters. The summed E-state index contributed by atoms with van der Waals surface area (Å²) in [5, 5.41) is 0. The first-order valence-electron chi connectivity index (χ1n) is 7.84. The SMILES string of the molecule is C=CCN(c1c(C)cccc1C)S(=O)(=O)c1ccc(OCC)cc1. The minimum atomic E-state index is -3.69. The summed E-state index contributed by atoms with van der Waals surface area (Å²) in [6.07, 6.45) is 1.60. The van der Waals surface area contributed by atoms with Gasteiger partial charge in [-0.3, -0.25) is 4.31 Å². The molecule has 2 aromatic carbocycles. The first-order chi connectivity index (χ1) is 11.4. The van der Waals surface area contributed by atoms with Gasteiger partial charge < -0.3 is 4.74 Å². The highest BCUT2D eigenvalue weighted by Crippen LogP contribution is 2.30. The van der Waals surface area contributed by atoms with Crippen LogP contribution < -0.4 is 9.04 Å². The summed E-state index contributed by atoms with van der Waals surface area (Å²) in [4.78, 5) is 0.232. The molecule has 0 aliphatic heterocycles. The fraction of sp³-hybridized carbons (Fsp3) is 0.263. The molecule has 0 aromatic heterocycles. The largest absolute Gasteiger partial charge is 0.494 e. The van der Waals surface area contributed by atoms with Gasteiger partial charge in [0.25, 0.3) is 10.0 Å².